The number of amides is 1. The monoisotopic (exact) mass is 317 g/mol. The van der Waals surface area contributed by atoms with Crippen molar-refractivity contribution in [1.29, 1.82) is 0 Å². The average Bonchev–Trinajstić information content (AvgIpc) is 2.88. The van der Waals surface area contributed by atoms with Gasteiger partial charge in [0.05, 0.1) is 12.1 Å². The van der Waals surface area contributed by atoms with E-state index in [-0.39, 0.29) is 35.8 Å². The van der Waals surface area contributed by atoms with Crippen molar-refractivity contribution in [1.82, 2.24) is 15.6 Å². The fourth-order valence-electron chi connectivity index (χ4n) is 2.66. The third kappa shape index (κ3) is 3.93. The van der Waals surface area contributed by atoms with E-state index >= 15 is 0 Å². The summed E-state index contributed by atoms with van der Waals surface area (Å²) in [6.45, 7) is 7.32. The van der Waals surface area contributed by atoms with Crippen LogP contribution in [0.4, 0.5) is 0 Å². The van der Waals surface area contributed by atoms with Crippen LogP contribution in [0.3, 0.4) is 0 Å². The molecule has 2 rings (SSSR count). The molecule has 4 nitrogen and oxygen atoms in total. The molecule has 1 amide bonds. The van der Waals surface area contributed by atoms with Crippen molar-refractivity contribution in [3.05, 3.63) is 16.6 Å². The van der Waals surface area contributed by atoms with Gasteiger partial charge in [-0.2, -0.15) is 0 Å². The van der Waals surface area contributed by atoms with Gasteiger partial charge in [-0.15, -0.1) is 23.7 Å². The van der Waals surface area contributed by atoms with E-state index in [1.807, 2.05) is 5.38 Å². The maximum atomic E-state index is 12.5. The third-order valence-corrected chi connectivity index (χ3v) is 4.75. The van der Waals surface area contributed by atoms with E-state index in [2.05, 4.69) is 36.4 Å². The van der Waals surface area contributed by atoms with Gasteiger partial charge in [0.2, 0.25) is 5.91 Å². The van der Waals surface area contributed by atoms with Gasteiger partial charge in [0.25, 0.3) is 0 Å². The van der Waals surface area contributed by atoms with Crippen LogP contribution in [0.25, 0.3) is 0 Å². The minimum Gasteiger partial charge on any atom is -0.345 e. The third-order valence-electron chi connectivity index (χ3n) is 3.86. The van der Waals surface area contributed by atoms with Gasteiger partial charge in [0.1, 0.15) is 5.01 Å². The molecule has 0 aliphatic carbocycles. The molecule has 20 heavy (non-hydrogen) atoms. The zero-order valence-corrected chi connectivity index (χ0v) is 13.9. The number of hydrogen-bond acceptors (Lipinski definition) is 4. The smallest absolute Gasteiger partial charge is 0.238 e. The number of carbonyl (C=O) groups excluding carboxylic acids is 1. The number of nitrogens with one attached hydrogen (secondary N) is 2. The number of thiazole rings is 1. The molecule has 2 heterocycles. The molecule has 2 atom stereocenters. The molecule has 114 valence electrons. The molecule has 0 saturated carbocycles. The number of rotatable bonds is 4. The fraction of sp³-hybridized carbons (Fsp3) is 0.714. The molecule has 0 bridgehead atoms. The zero-order chi connectivity index (χ0) is 13.9. The van der Waals surface area contributed by atoms with Crippen molar-refractivity contribution < 1.29 is 4.79 Å². The quantitative estimate of drug-likeness (QED) is 0.897. The summed E-state index contributed by atoms with van der Waals surface area (Å²) in [4.78, 5) is 16.8. The number of hydrogen-bond donors (Lipinski definition) is 2. The summed E-state index contributed by atoms with van der Waals surface area (Å²) in [6.07, 6.45) is 4.89. The standard InChI is InChI=1S/C14H23N3OS.ClH/c1-4-10(13-16-8-9-19-13)17-12(18)11-14(2,3)6-5-7-15-11;/h8-11,15H,4-7H2,1-3H3,(H,17,18);1H. The number of piperidine rings is 1. The SMILES string of the molecule is CCC(NC(=O)C1NCCCC1(C)C)c1nccs1.Cl. The highest BCUT2D eigenvalue weighted by Gasteiger charge is 2.37. The molecular formula is C14H24ClN3OS. The van der Waals surface area contributed by atoms with Crippen LogP contribution in [0.1, 0.15) is 51.1 Å². The van der Waals surface area contributed by atoms with Crippen LogP contribution in [0.15, 0.2) is 11.6 Å². The van der Waals surface area contributed by atoms with Crippen molar-refractivity contribution in [2.75, 3.05) is 6.54 Å². The Morgan fingerprint density at radius 3 is 2.95 bits per heavy atom. The average molecular weight is 318 g/mol. The summed E-state index contributed by atoms with van der Waals surface area (Å²) in [5.74, 6) is 0.103. The van der Waals surface area contributed by atoms with Gasteiger partial charge in [0.15, 0.2) is 0 Å². The highest BCUT2D eigenvalue weighted by molar-refractivity contribution is 7.09. The Labute approximate surface area is 131 Å². The van der Waals surface area contributed by atoms with Crippen LogP contribution >= 0.6 is 23.7 Å². The summed E-state index contributed by atoms with van der Waals surface area (Å²) in [6, 6.07) is -0.0673. The minimum atomic E-state index is -0.102. The van der Waals surface area contributed by atoms with Gasteiger partial charge in [-0.3, -0.25) is 4.79 Å². The number of aromatic nitrogens is 1. The second-order valence-electron chi connectivity index (χ2n) is 5.82. The van der Waals surface area contributed by atoms with Crippen LogP contribution in [-0.2, 0) is 4.79 Å². The Morgan fingerprint density at radius 1 is 1.65 bits per heavy atom. The second kappa shape index (κ2) is 7.38. The Bertz CT molecular complexity index is 422. The molecule has 1 fully saturated rings. The lowest BCUT2D eigenvalue weighted by atomic mass is 9.77. The van der Waals surface area contributed by atoms with Crippen LogP contribution in [0.2, 0.25) is 0 Å². The van der Waals surface area contributed by atoms with Gasteiger partial charge < -0.3 is 10.6 Å². The summed E-state index contributed by atoms with van der Waals surface area (Å²) >= 11 is 1.60. The van der Waals surface area contributed by atoms with Gasteiger partial charge in [-0.1, -0.05) is 20.8 Å². The van der Waals surface area contributed by atoms with Crippen LogP contribution in [0.5, 0.6) is 0 Å². The largest absolute Gasteiger partial charge is 0.345 e. The van der Waals surface area contributed by atoms with Gasteiger partial charge in [-0.25, -0.2) is 4.98 Å². The van der Waals surface area contributed by atoms with E-state index < -0.39 is 0 Å². The van der Waals surface area contributed by atoms with Crippen LogP contribution < -0.4 is 10.6 Å². The first-order valence-electron chi connectivity index (χ1n) is 6.97. The molecule has 1 aliphatic heterocycles. The first-order valence-corrected chi connectivity index (χ1v) is 7.85. The molecule has 1 aromatic heterocycles. The molecule has 0 radical (unpaired) electrons. The highest BCUT2D eigenvalue weighted by Crippen LogP contribution is 2.30. The number of nitrogens with zero attached hydrogens (tertiary/aromatic N) is 1. The lowest BCUT2D eigenvalue weighted by Gasteiger charge is -2.38. The lowest BCUT2D eigenvalue weighted by molar-refractivity contribution is -0.127. The Hall–Kier alpha value is -0.650. The maximum Gasteiger partial charge on any atom is 0.238 e. The lowest BCUT2D eigenvalue weighted by Crippen LogP contribution is -2.56. The molecular weight excluding hydrogens is 294 g/mol. The van der Waals surface area contributed by atoms with E-state index in [1.165, 1.54) is 0 Å². The predicted octanol–water partition coefficient (Wildman–Crippen LogP) is 2.91. The topological polar surface area (TPSA) is 54.0 Å². The Balaban J connectivity index is 0.00000200. The molecule has 6 heteroatoms. The van der Waals surface area contributed by atoms with Crippen molar-refractivity contribution in [2.45, 2.75) is 52.1 Å². The van der Waals surface area contributed by atoms with Gasteiger partial charge in [0, 0.05) is 11.6 Å². The van der Waals surface area contributed by atoms with Crippen molar-refractivity contribution in [3.63, 3.8) is 0 Å². The van der Waals surface area contributed by atoms with E-state index in [1.54, 1.807) is 17.5 Å². The summed E-state index contributed by atoms with van der Waals surface area (Å²) < 4.78 is 0. The molecule has 0 spiro atoms. The highest BCUT2D eigenvalue weighted by atomic mass is 35.5. The zero-order valence-electron chi connectivity index (χ0n) is 12.3. The van der Waals surface area contributed by atoms with Crippen LogP contribution in [-0.4, -0.2) is 23.5 Å². The van der Waals surface area contributed by atoms with Crippen molar-refractivity contribution in [2.24, 2.45) is 5.41 Å². The van der Waals surface area contributed by atoms with Crippen molar-refractivity contribution >= 4 is 29.7 Å². The maximum absolute atomic E-state index is 12.5. The summed E-state index contributed by atoms with van der Waals surface area (Å²) in [5.41, 5.74) is 0.0174. The van der Waals surface area contributed by atoms with E-state index in [9.17, 15) is 4.79 Å². The van der Waals surface area contributed by atoms with Gasteiger partial charge in [-0.05, 0) is 31.2 Å². The molecule has 1 aliphatic rings. The van der Waals surface area contributed by atoms with Crippen LogP contribution in [0, 0.1) is 5.41 Å². The van der Waals surface area contributed by atoms with E-state index in [0.29, 0.717) is 0 Å². The first kappa shape index (κ1) is 17.4. The molecule has 0 aromatic carbocycles. The molecule has 2 unspecified atom stereocenters. The Morgan fingerprint density at radius 2 is 2.40 bits per heavy atom. The minimum absolute atomic E-state index is 0. The molecule has 2 N–H and O–H groups in total. The summed E-state index contributed by atoms with van der Waals surface area (Å²) in [7, 11) is 0. The van der Waals surface area contributed by atoms with Crippen molar-refractivity contribution in [3.8, 4) is 0 Å². The van der Waals surface area contributed by atoms with Gasteiger partial charge >= 0.3 is 0 Å². The Kier molecular flexibility index (Phi) is 6.43. The molecule has 1 saturated heterocycles. The predicted molar refractivity (Wildman–Crippen MR) is 85.3 cm³/mol. The second-order valence-corrected chi connectivity index (χ2v) is 6.75. The first-order chi connectivity index (χ1) is 9.04. The van der Waals surface area contributed by atoms with E-state index in [0.717, 1.165) is 30.8 Å². The normalized spacial score (nSPS) is 22.6. The summed E-state index contributed by atoms with van der Waals surface area (Å²) in [5, 5.41) is 9.44. The fourth-order valence-corrected chi connectivity index (χ4v) is 3.43. The molecule has 1 aromatic rings. The van der Waals surface area contributed by atoms with E-state index in [4.69, 9.17) is 0 Å². The number of carbonyl (C=O) groups is 1. The number of halogens is 1.